The van der Waals surface area contributed by atoms with Crippen molar-refractivity contribution in [3.63, 3.8) is 0 Å². The maximum Gasteiger partial charge on any atom is 0.411 e. The Morgan fingerprint density at radius 2 is 1.95 bits per heavy atom. The molecule has 2 aliphatic heterocycles. The summed E-state index contributed by atoms with van der Waals surface area (Å²) in [6.45, 7) is 5.55. The molecule has 5 heteroatoms. The van der Waals surface area contributed by atoms with Crippen molar-refractivity contribution in [3.8, 4) is 0 Å². The Kier molecular flexibility index (Phi) is 4.06. The molecule has 0 radical (unpaired) electrons. The average Bonchev–Trinajstić information content (AvgIpc) is 2.63. The van der Waals surface area contributed by atoms with Crippen molar-refractivity contribution >= 4 is 12.1 Å². The van der Waals surface area contributed by atoms with Gasteiger partial charge in [0.2, 0.25) is 0 Å². The molecule has 0 aliphatic carbocycles. The first kappa shape index (κ1) is 14.9. The Hall–Kier alpha value is -1.52. The Morgan fingerprint density at radius 1 is 1.25 bits per heavy atom. The minimum absolute atomic E-state index is 0.160. The number of carbonyl (C=O) groups is 2. The molecule has 0 unspecified atom stereocenters. The van der Waals surface area contributed by atoms with Gasteiger partial charge in [-0.1, -0.05) is 6.08 Å². The van der Waals surface area contributed by atoms with Gasteiger partial charge in [-0.05, 0) is 46.5 Å². The van der Waals surface area contributed by atoms with Crippen LogP contribution in [0.3, 0.4) is 0 Å². The Balaban J connectivity index is 2.23. The van der Waals surface area contributed by atoms with Crippen molar-refractivity contribution in [2.75, 3.05) is 7.11 Å². The smallest absolute Gasteiger partial charge is 0.411 e. The Morgan fingerprint density at radius 3 is 2.55 bits per heavy atom. The molecule has 2 rings (SSSR count). The second-order valence-electron chi connectivity index (χ2n) is 6.36. The summed E-state index contributed by atoms with van der Waals surface area (Å²) in [6, 6.07) is -0.0435. The lowest BCUT2D eigenvalue weighted by molar-refractivity contribution is -0.136. The number of carbonyl (C=O) groups excluding carboxylic acids is 2. The average molecular weight is 281 g/mol. The van der Waals surface area contributed by atoms with Gasteiger partial charge in [0.05, 0.1) is 18.7 Å². The summed E-state index contributed by atoms with van der Waals surface area (Å²) >= 11 is 0. The molecule has 2 aliphatic rings. The normalized spacial score (nSPS) is 25.8. The number of fused-ring (bicyclic) bond motifs is 2. The molecule has 0 aromatic carbocycles. The number of rotatable bonds is 1. The van der Waals surface area contributed by atoms with Gasteiger partial charge in [0, 0.05) is 6.04 Å². The van der Waals surface area contributed by atoms with E-state index < -0.39 is 5.60 Å². The highest BCUT2D eigenvalue weighted by molar-refractivity contribution is 5.91. The summed E-state index contributed by atoms with van der Waals surface area (Å²) in [5, 5.41) is 0. The molecule has 1 saturated heterocycles. The van der Waals surface area contributed by atoms with Crippen LogP contribution in [0.2, 0.25) is 0 Å². The van der Waals surface area contributed by atoms with Crippen LogP contribution in [0, 0.1) is 0 Å². The first-order chi connectivity index (χ1) is 9.33. The third-order valence-electron chi connectivity index (χ3n) is 3.75. The van der Waals surface area contributed by atoms with Crippen LogP contribution in [0.25, 0.3) is 0 Å². The first-order valence-corrected chi connectivity index (χ1v) is 7.13. The van der Waals surface area contributed by atoms with Crippen molar-refractivity contribution in [2.24, 2.45) is 0 Å². The monoisotopic (exact) mass is 281 g/mol. The topological polar surface area (TPSA) is 55.8 Å². The first-order valence-electron chi connectivity index (χ1n) is 7.13. The van der Waals surface area contributed by atoms with E-state index in [9.17, 15) is 9.59 Å². The summed E-state index contributed by atoms with van der Waals surface area (Å²) in [5.41, 5.74) is 0.0659. The lowest BCUT2D eigenvalue weighted by atomic mass is 10.00. The summed E-state index contributed by atoms with van der Waals surface area (Å²) in [6.07, 6.45) is 4.96. The van der Waals surface area contributed by atoms with Gasteiger partial charge in [-0.25, -0.2) is 9.59 Å². The fraction of sp³-hybridized carbons (Fsp3) is 0.733. The van der Waals surface area contributed by atoms with Gasteiger partial charge >= 0.3 is 12.1 Å². The molecular formula is C15H23NO4. The number of amides is 1. The number of ether oxygens (including phenoxy) is 2. The maximum atomic E-state index is 12.4. The van der Waals surface area contributed by atoms with Crippen LogP contribution in [0.5, 0.6) is 0 Å². The molecule has 1 amide bonds. The van der Waals surface area contributed by atoms with Crippen LogP contribution in [-0.4, -0.2) is 41.8 Å². The van der Waals surface area contributed by atoms with Gasteiger partial charge < -0.3 is 9.47 Å². The van der Waals surface area contributed by atoms with E-state index in [2.05, 4.69) is 0 Å². The summed E-state index contributed by atoms with van der Waals surface area (Å²) < 4.78 is 10.3. The van der Waals surface area contributed by atoms with Crippen LogP contribution < -0.4 is 0 Å². The quantitative estimate of drug-likeness (QED) is 0.693. The van der Waals surface area contributed by atoms with E-state index in [1.54, 1.807) is 4.90 Å². The second-order valence-corrected chi connectivity index (χ2v) is 6.36. The van der Waals surface area contributed by atoms with Gasteiger partial charge in [0.25, 0.3) is 0 Å². The van der Waals surface area contributed by atoms with Gasteiger partial charge in [-0.15, -0.1) is 0 Å². The van der Waals surface area contributed by atoms with Crippen LogP contribution in [0.15, 0.2) is 11.6 Å². The van der Waals surface area contributed by atoms with E-state index in [0.29, 0.717) is 5.57 Å². The lowest BCUT2D eigenvalue weighted by Gasteiger charge is -2.31. The van der Waals surface area contributed by atoms with Crippen molar-refractivity contribution in [1.82, 2.24) is 4.90 Å². The molecule has 2 atom stereocenters. The minimum atomic E-state index is -0.530. The number of hydrogen-bond donors (Lipinski definition) is 0. The predicted octanol–water partition coefficient (Wildman–Crippen LogP) is 2.65. The Labute approximate surface area is 119 Å². The molecule has 5 nitrogen and oxygen atoms in total. The summed E-state index contributed by atoms with van der Waals surface area (Å²) in [5.74, 6) is -0.342. The molecule has 2 bridgehead atoms. The van der Waals surface area contributed by atoms with E-state index in [1.165, 1.54) is 7.11 Å². The molecule has 1 fully saturated rings. The molecule has 0 spiro atoms. The largest absolute Gasteiger partial charge is 0.466 e. The summed E-state index contributed by atoms with van der Waals surface area (Å²) in [4.78, 5) is 26.0. The number of esters is 1. The SMILES string of the molecule is COC(=O)C1=CCC[C@@H]2CC[C@H]1N2C(=O)OC(C)(C)C. The molecule has 0 N–H and O–H groups in total. The van der Waals surface area contributed by atoms with Crippen LogP contribution in [0.1, 0.15) is 46.5 Å². The van der Waals surface area contributed by atoms with Crippen molar-refractivity contribution < 1.29 is 19.1 Å². The zero-order chi connectivity index (χ0) is 14.9. The third kappa shape index (κ3) is 2.97. The highest BCUT2D eigenvalue weighted by Gasteiger charge is 2.43. The number of hydrogen-bond acceptors (Lipinski definition) is 4. The van der Waals surface area contributed by atoms with Crippen molar-refractivity contribution in [2.45, 2.75) is 64.1 Å². The molecule has 0 aromatic rings. The van der Waals surface area contributed by atoms with E-state index in [4.69, 9.17) is 9.47 Å². The zero-order valence-electron chi connectivity index (χ0n) is 12.6. The molecular weight excluding hydrogens is 258 g/mol. The van der Waals surface area contributed by atoms with Crippen molar-refractivity contribution in [3.05, 3.63) is 11.6 Å². The predicted molar refractivity (Wildman–Crippen MR) is 74.2 cm³/mol. The zero-order valence-corrected chi connectivity index (χ0v) is 12.6. The van der Waals surface area contributed by atoms with E-state index >= 15 is 0 Å². The maximum absolute atomic E-state index is 12.4. The van der Waals surface area contributed by atoms with Gasteiger partial charge in [0.1, 0.15) is 5.60 Å². The fourth-order valence-electron chi connectivity index (χ4n) is 2.97. The Bertz CT molecular complexity index is 436. The number of methoxy groups -OCH3 is 1. The van der Waals surface area contributed by atoms with E-state index in [0.717, 1.165) is 25.7 Å². The molecule has 0 saturated carbocycles. The molecule has 20 heavy (non-hydrogen) atoms. The van der Waals surface area contributed by atoms with Gasteiger partial charge in [-0.2, -0.15) is 0 Å². The van der Waals surface area contributed by atoms with Crippen molar-refractivity contribution in [1.29, 1.82) is 0 Å². The molecule has 112 valence electrons. The third-order valence-corrected chi connectivity index (χ3v) is 3.75. The van der Waals surface area contributed by atoms with Crippen LogP contribution in [0.4, 0.5) is 4.79 Å². The number of allylic oxidation sites excluding steroid dienone is 1. The fourth-order valence-corrected chi connectivity index (χ4v) is 2.97. The molecule has 2 heterocycles. The van der Waals surface area contributed by atoms with E-state index in [-0.39, 0.29) is 24.1 Å². The van der Waals surface area contributed by atoms with E-state index in [1.807, 2.05) is 26.8 Å². The lowest BCUT2D eigenvalue weighted by Crippen LogP contribution is -2.45. The number of nitrogens with zero attached hydrogens (tertiary/aromatic N) is 1. The standard InChI is InChI=1S/C15H23NO4/c1-15(2,3)20-14(18)16-10-6-5-7-11(13(17)19-4)12(16)9-8-10/h7,10,12H,5-6,8-9H2,1-4H3/t10-,12-/m1/s1. The molecule has 0 aromatic heterocycles. The minimum Gasteiger partial charge on any atom is -0.466 e. The second kappa shape index (κ2) is 5.46. The van der Waals surface area contributed by atoms with Gasteiger partial charge in [0.15, 0.2) is 0 Å². The van der Waals surface area contributed by atoms with Crippen LogP contribution >= 0.6 is 0 Å². The highest BCUT2D eigenvalue weighted by Crippen LogP contribution is 2.36. The summed E-state index contributed by atoms with van der Waals surface area (Å²) in [7, 11) is 1.37. The van der Waals surface area contributed by atoms with Crippen LogP contribution in [-0.2, 0) is 14.3 Å². The highest BCUT2D eigenvalue weighted by atomic mass is 16.6. The van der Waals surface area contributed by atoms with Gasteiger partial charge in [-0.3, -0.25) is 4.90 Å².